The molecule has 1 aromatic heterocycles. The average molecular weight is 252 g/mol. The quantitative estimate of drug-likeness (QED) is 0.859. The predicted molar refractivity (Wildman–Crippen MR) is 65.7 cm³/mol. The molecule has 2 rings (SSSR count). The van der Waals surface area contributed by atoms with Crippen LogP contribution >= 0.6 is 11.6 Å². The molecule has 17 heavy (non-hydrogen) atoms. The zero-order valence-electron chi connectivity index (χ0n) is 9.08. The van der Waals surface area contributed by atoms with Crippen molar-refractivity contribution in [2.45, 2.75) is 13.3 Å². The van der Waals surface area contributed by atoms with Gasteiger partial charge in [0.15, 0.2) is 0 Å². The van der Waals surface area contributed by atoms with Crippen LogP contribution in [-0.2, 0) is 11.2 Å². The Balaban J connectivity index is 2.67. The predicted octanol–water partition coefficient (Wildman–Crippen LogP) is 2.12. The number of carboxylic acids is 1. The Morgan fingerprint density at radius 1 is 1.41 bits per heavy atom. The number of aliphatic carboxylic acids is 1. The molecule has 0 saturated heterocycles. The van der Waals surface area contributed by atoms with Crippen molar-refractivity contribution in [3.05, 3.63) is 44.7 Å². The van der Waals surface area contributed by atoms with Crippen molar-refractivity contribution in [3.63, 3.8) is 0 Å². The van der Waals surface area contributed by atoms with Gasteiger partial charge in [-0.3, -0.25) is 9.59 Å². The number of rotatable bonds is 2. The molecule has 0 radical (unpaired) electrons. The maximum atomic E-state index is 11.6. The van der Waals surface area contributed by atoms with Crippen LogP contribution in [0.4, 0.5) is 0 Å². The second kappa shape index (κ2) is 4.22. The summed E-state index contributed by atoms with van der Waals surface area (Å²) in [5, 5.41) is 10.0. The number of carbonyl (C=O) groups is 1. The number of nitrogens with one attached hydrogen (secondary N) is 1. The van der Waals surface area contributed by atoms with Gasteiger partial charge in [0, 0.05) is 16.1 Å². The molecular weight excluding hydrogens is 242 g/mol. The number of aromatic amines is 1. The van der Waals surface area contributed by atoms with Crippen LogP contribution in [0.15, 0.2) is 23.0 Å². The second-order valence-corrected chi connectivity index (χ2v) is 4.29. The summed E-state index contributed by atoms with van der Waals surface area (Å²) in [6.45, 7) is 1.85. The van der Waals surface area contributed by atoms with Gasteiger partial charge in [-0.25, -0.2) is 0 Å². The maximum absolute atomic E-state index is 11.6. The first-order valence-corrected chi connectivity index (χ1v) is 5.39. The van der Waals surface area contributed by atoms with Crippen LogP contribution in [0.3, 0.4) is 0 Å². The number of halogens is 1. The number of carboxylic acid groups (broad SMARTS) is 1. The lowest BCUT2D eigenvalue weighted by atomic mass is 10.1. The van der Waals surface area contributed by atoms with E-state index in [-0.39, 0.29) is 17.5 Å². The molecular formula is C12H10ClNO3. The third kappa shape index (κ3) is 2.31. The van der Waals surface area contributed by atoms with Gasteiger partial charge >= 0.3 is 5.97 Å². The molecule has 88 valence electrons. The summed E-state index contributed by atoms with van der Waals surface area (Å²) < 4.78 is 0. The number of aromatic nitrogens is 1. The summed E-state index contributed by atoms with van der Waals surface area (Å²) in [6, 6.07) is 5.07. The van der Waals surface area contributed by atoms with E-state index in [1.807, 2.05) is 13.0 Å². The molecule has 0 aliphatic rings. The van der Waals surface area contributed by atoms with Crippen LogP contribution in [0.1, 0.15) is 11.1 Å². The summed E-state index contributed by atoms with van der Waals surface area (Å²) in [5.74, 6) is -1.03. The fraction of sp³-hybridized carbons (Fsp3) is 0.167. The van der Waals surface area contributed by atoms with E-state index >= 15 is 0 Å². The van der Waals surface area contributed by atoms with Crippen molar-refractivity contribution in [1.82, 2.24) is 4.98 Å². The normalized spacial score (nSPS) is 10.7. The van der Waals surface area contributed by atoms with Gasteiger partial charge in [0.1, 0.15) is 0 Å². The zero-order chi connectivity index (χ0) is 12.6. The monoisotopic (exact) mass is 251 g/mol. The standard InChI is InChI=1S/C12H10ClNO3/c1-6-2-7-3-8(4-11(15)16)12(17)14-10(7)5-9(6)13/h2-3,5H,4H2,1H3,(H,14,17)(H,15,16). The molecule has 1 aromatic carbocycles. The summed E-state index contributed by atoms with van der Waals surface area (Å²) in [4.78, 5) is 24.8. The average Bonchev–Trinajstić information content (AvgIpc) is 2.22. The van der Waals surface area contributed by atoms with E-state index < -0.39 is 5.97 Å². The van der Waals surface area contributed by atoms with Crippen molar-refractivity contribution < 1.29 is 9.90 Å². The third-order valence-electron chi connectivity index (χ3n) is 2.54. The van der Waals surface area contributed by atoms with E-state index in [0.717, 1.165) is 10.9 Å². The fourth-order valence-electron chi connectivity index (χ4n) is 1.68. The van der Waals surface area contributed by atoms with Crippen molar-refractivity contribution in [2.24, 2.45) is 0 Å². The van der Waals surface area contributed by atoms with Gasteiger partial charge in [0.05, 0.1) is 6.42 Å². The molecule has 0 fully saturated rings. The number of fused-ring (bicyclic) bond motifs is 1. The highest BCUT2D eigenvalue weighted by Crippen LogP contribution is 2.21. The summed E-state index contributed by atoms with van der Waals surface area (Å²) >= 11 is 5.95. The van der Waals surface area contributed by atoms with E-state index in [1.165, 1.54) is 0 Å². The molecule has 0 atom stereocenters. The maximum Gasteiger partial charge on any atom is 0.308 e. The highest BCUT2D eigenvalue weighted by Gasteiger charge is 2.08. The molecule has 1 heterocycles. The molecule has 0 unspecified atom stereocenters. The molecule has 0 spiro atoms. The van der Waals surface area contributed by atoms with E-state index in [9.17, 15) is 9.59 Å². The van der Waals surface area contributed by atoms with Crippen molar-refractivity contribution in [3.8, 4) is 0 Å². The van der Waals surface area contributed by atoms with E-state index in [4.69, 9.17) is 16.7 Å². The second-order valence-electron chi connectivity index (χ2n) is 3.88. The number of hydrogen-bond donors (Lipinski definition) is 2. The smallest absolute Gasteiger partial charge is 0.308 e. The molecule has 5 heteroatoms. The molecule has 0 bridgehead atoms. The number of hydrogen-bond acceptors (Lipinski definition) is 2. The minimum Gasteiger partial charge on any atom is -0.481 e. The van der Waals surface area contributed by atoms with Crippen LogP contribution in [-0.4, -0.2) is 16.1 Å². The molecule has 2 N–H and O–H groups in total. The van der Waals surface area contributed by atoms with Gasteiger partial charge in [-0.15, -0.1) is 0 Å². The SMILES string of the molecule is Cc1cc2cc(CC(=O)O)c(=O)[nH]c2cc1Cl. The Labute approximate surface area is 102 Å². The molecule has 0 aliphatic heterocycles. The molecule has 4 nitrogen and oxygen atoms in total. The van der Waals surface area contributed by atoms with Crippen molar-refractivity contribution >= 4 is 28.5 Å². The van der Waals surface area contributed by atoms with Crippen LogP contribution in [0.2, 0.25) is 5.02 Å². The molecule has 0 saturated carbocycles. The first-order valence-electron chi connectivity index (χ1n) is 5.01. The lowest BCUT2D eigenvalue weighted by molar-refractivity contribution is -0.136. The topological polar surface area (TPSA) is 70.2 Å². The van der Waals surface area contributed by atoms with Gasteiger partial charge in [-0.1, -0.05) is 11.6 Å². The lowest BCUT2D eigenvalue weighted by Crippen LogP contribution is -2.15. The zero-order valence-corrected chi connectivity index (χ0v) is 9.84. The van der Waals surface area contributed by atoms with Crippen LogP contribution in [0.25, 0.3) is 10.9 Å². The molecule has 2 aromatic rings. The number of benzene rings is 1. The van der Waals surface area contributed by atoms with Crippen molar-refractivity contribution in [2.75, 3.05) is 0 Å². The van der Waals surface area contributed by atoms with E-state index in [2.05, 4.69) is 4.98 Å². The number of pyridine rings is 1. The van der Waals surface area contributed by atoms with Gasteiger partial charge in [0.2, 0.25) is 0 Å². The first-order chi connectivity index (χ1) is 7.97. The lowest BCUT2D eigenvalue weighted by Gasteiger charge is -2.04. The largest absolute Gasteiger partial charge is 0.481 e. The van der Waals surface area contributed by atoms with Crippen LogP contribution in [0.5, 0.6) is 0 Å². The van der Waals surface area contributed by atoms with Crippen LogP contribution < -0.4 is 5.56 Å². The number of H-pyrrole nitrogens is 1. The Hall–Kier alpha value is -1.81. The highest BCUT2D eigenvalue weighted by atomic mass is 35.5. The minimum atomic E-state index is -1.03. The highest BCUT2D eigenvalue weighted by molar-refractivity contribution is 6.32. The third-order valence-corrected chi connectivity index (χ3v) is 2.95. The van der Waals surface area contributed by atoms with Gasteiger partial charge in [-0.05, 0) is 36.1 Å². The van der Waals surface area contributed by atoms with Gasteiger partial charge in [0.25, 0.3) is 5.56 Å². The molecule has 0 aliphatic carbocycles. The minimum absolute atomic E-state index is 0.242. The fourth-order valence-corrected chi connectivity index (χ4v) is 1.85. The van der Waals surface area contributed by atoms with Gasteiger partial charge < -0.3 is 10.1 Å². The Morgan fingerprint density at radius 3 is 2.76 bits per heavy atom. The number of aryl methyl sites for hydroxylation is 1. The summed E-state index contributed by atoms with van der Waals surface area (Å²) in [6.07, 6.45) is -0.285. The Kier molecular flexibility index (Phi) is 2.90. The molecule has 0 amide bonds. The van der Waals surface area contributed by atoms with Crippen molar-refractivity contribution in [1.29, 1.82) is 0 Å². The Morgan fingerprint density at radius 2 is 2.12 bits per heavy atom. The van der Waals surface area contributed by atoms with E-state index in [1.54, 1.807) is 12.1 Å². The van der Waals surface area contributed by atoms with Crippen LogP contribution in [0, 0.1) is 6.92 Å². The summed E-state index contributed by atoms with van der Waals surface area (Å²) in [7, 11) is 0. The first kappa shape index (κ1) is 11.7. The Bertz CT molecular complexity index is 661. The van der Waals surface area contributed by atoms with E-state index in [0.29, 0.717) is 10.5 Å². The van der Waals surface area contributed by atoms with Gasteiger partial charge in [-0.2, -0.15) is 0 Å². The summed E-state index contributed by atoms with van der Waals surface area (Å²) in [5.41, 5.74) is 1.35.